The summed E-state index contributed by atoms with van der Waals surface area (Å²) in [6.45, 7) is 2.72. The predicted octanol–water partition coefficient (Wildman–Crippen LogP) is 2.27. The maximum absolute atomic E-state index is 12.0. The first-order chi connectivity index (χ1) is 8.74. The molecule has 0 amide bonds. The van der Waals surface area contributed by atoms with E-state index < -0.39 is 0 Å². The van der Waals surface area contributed by atoms with Gasteiger partial charge in [0.15, 0.2) is 0 Å². The van der Waals surface area contributed by atoms with Crippen molar-refractivity contribution in [3.63, 3.8) is 0 Å². The van der Waals surface area contributed by atoms with Crippen molar-refractivity contribution in [1.82, 2.24) is 19.3 Å². The Kier molecular flexibility index (Phi) is 4.15. The van der Waals surface area contributed by atoms with Crippen LogP contribution in [0.25, 0.3) is 5.69 Å². The van der Waals surface area contributed by atoms with Crippen molar-refractivity contribution in [2.24, 2.45) is 0 Å². The Balaban J connectivity index is 2.28. The first-order valence-electron chi connectivity index (χ1n) is 5.98. The molecule has 18 heavy (non-hydrogen) atoms. The molecular formula is C12H15ClN4O. The van der Waals surface area contributed by atoms with Gasteiger partial charge in [0.1, 0.15) is 5.02 Å². The number of nitrogens with zero attached hydrogens (tertiary/aromatic N) is 4. The van der Waals surface area contributed by atoms with Crippen LogP contribution in [0, 0.1) is 0 Å². The molecule has 0 unspecified atom stereocenters. The van der Waals surface area contributed by atoms with E-state index in [-0.39, 0.29) is 10.6 Å². The fraction of sp³-hybridized carbons (Fsp3) is 0.417. The third-order valence-corrected chi connectivity index (χ3v) is 3.08. The molecule has 2 aromatic heterocycles. The molecule has 0 radical (unpaired) electrons. The molecule has 0 aliphatic carbocycles. The average Bonchev–Trinajstić information content (AvgIpc) is 2.88. The van der Waals surface area contributed by atoms with E-state index in [9.17, 15) is 4.79 Å². The highest BCUT2D eigenvalue weighted by Crippen LogP contribution is 2.14. The molecule has 0 saturated heterocycles. The molecule has 0 saturated carbocycles. The number of hydrogen-bond donors (Lipinski definition) is 0. The largest absolute Gasteiger partial charge is 0.303 e. The van der Waals surface area contributed by atoms with Crippen LogP contribution in [-0.4, -0.2) is 19.3 Å². The minimum atomic E-state index is -0.251. The minimum absolute atomic E-state index is 0.180. The summed E-state index contributed by atoms with van der Waals surface area (Å²) in [5, 5.41) is 4.32. The van der Waals surface area contributed by atoms with Crippen LogP contribution < -0.4 is 5.56 Å². The van der Waals surface area contributed by atoms with Gasteiger partial charge in [0, 0.05) is 18.9 Å². The van der Waals surface area contributed by atoms with E-state index in [4.69, 9.17) is 11.6 Å². The highest BCUT2D eigenvalue weighted by molar-refractivity contribution is 6.32. The van der Waals surface area contributed by atoms with E-state index in [2.05, 4.69) is 17.0 Å². The first-order valence-corrected chi connectivity index (χ1v) is 6.35. The standard InChI is InChI=1S/C12H15ClN4O/c1-2-3-4-6-17-12(18)11(13)10(8-15-17)16-7-5-14-9-16/h5,7-9H,2-4,6H2,1H3. The van der Waals surface area contributed by atoms with E-state index in [0.29, 0.717) is 12.2 Å². The fourth-order valence-corrected chi connectivity index (χ4v) is 1.95. The summed E-state index contributed by atoms with van der Waals surface area (Å²) in [6.07, 6.45) is 9.66. The topological polar surface area (TPSA) is 52.7 Å². The summed E-state index contributed by atoms with van der Waals surface area (Å²) in [5.74, 6) is 0. The molecular weight excluding hydrogens is 252 g/mol. The Labute approximate surface area is 110 Å². The molecule has 0 fully saturated rings. The molecule has 0 aliphatic rings. The Morgan fingerprint density at radius 1 is 1.39 bits per heavy atom. The van der Waals surface area contributed by atoms with Gasteiger partial charge in [0.2, 0.25) is 0 Å². The van der Waals surface area contributed by atoms with Crippen molar-refractivity contribution < 1.29 is 0 Å². The highest BCUT2D eigenvalue weighted by atomic mass is 35.5. The zero-order valence-electron chi connectivity index (χ0n) is 10.2. The lowest BCUT2D eigenvalue weighted by Gasteiger charge is -2.08. The van der Waals surface area contributed by atoms with Gasteiger partial charge < -0.3 is 4.57 Å². The third kappa shape index (κ3) is 2.61. The van der Waals surface area contributed by atoms with Crippen molar-refractivity contribution in [3.8, 4) is 5.69 Å². The van der Waals surface area contributed by atoms with Gasteiger partial charge in [-0.3, -0.25) is 4.79 Å². The number of aryl methyl sites for hydroxylation is 1. The van der Waals surface area contributed by atoms with Gasteiger partial charge in [-0.05, 0) is 6.42 Å². The zero-order chi connectivity index (χ0) is 13.0. The number of rotatable bonds is 5. The maximum Gasteiger partial charge on any atom is 0.287 e. The van der Waals surface area contributed by atoms with E-state index in [0.717, 1.165) is 19.3 Å². The highest BCUT2D eigenvalue weighted by Gasteiger charge is 2.10. The summed E-state index contributed by atoms with van der Waals surface area (Å²) < 4.78 is 3.09. The van der Waals surface area contributed by atoms with E-state index in [1.54, 1.807) is 29.5 Å². The summed E-state index contributed by atoms with van der Waals surface area (Å²) >= 11 is 6.08. The van der Waals surface area contributed by atoms with Gasteiger partial charge in [-0.2, -0.15) is 5.10 Å². The zero-order valence-corrected chi connectivity index (χ0v) is 11.0. The van der Waals surface area contributed by atoms with Crippen LogP contribution in [0.2, 0.25) is 5.02 Å². The van der Waals surface area contributed by atoms with Gasteiger partial charge in [-0.1, -0.05) is 31.4 Å². The lowest BCUT2D eigenvalue weighted by Crippen LogP contribution is -2.24. The second-order valence-corrected chi connectivity index (χ2v) is 4.43. The minimum Gasteiger partial charge on any atom is -0.303 e. The summed E-state index contributed by atoms with van der Waals surface area (Å²) in [4.78, 5) is 15.9. The Morgan fingerprint density at radius 3 is 2.89 bits per heavy atom. The monoisotopic (exact) mass is 266 g/mol. The average molecular weight is 267 g/mol. The lowest BCUT2D eigenvalue weighted by molar-refractivity contribution is 0.527. The quantitative estimate of drug-likeness (QED) is 0.780. The molecule has 5 nitrogen and oxygen atoms in total. The Morgan fingerprint density at radius 2 is 2.22 bits per heavy atom. The van der Waals surface area contributed by atoms with Gasteiger partial charge >= 0.3 is 0 Å². The summed E-state index contributed by atoms with van der Waals surface area (Å²) in [5.41, 5.74) is 0.310. The summed E-state index contributed by atoms with van der Waals surface area (Å²) in [6, 6.07) is 0. The van der Waals surface area contributed by atoms with E-state index >= 15 is 0 Å². The molecule has 0 aliphatic heterocycles. The van der Waals surface area contributed by atoms with Crippen LogP contribution in [-0.2, 0) is 6.54 Å². The smallest absolute Gasteiger partial charge is 0.287 e. The van der Waals surface area contributed by atoms with Crippen molar-refractivity contribution in [1.29, 1.82) is 0 Å². The van der Waals surface area contributed by atoms with Crippen LogP contribution in [0.3, 0.4) is 0 Å². The molecule has 6 heteroatoms. The maximum atomic E-state index is 12.0. The second kappa shape index (κ2) is 5.82. The van der Waals surface area contributed by atoms with Crippen LogP contribution in [0.1, 0.15) is 26.2 Å². The molecule has 0 spiro atoms. The number of imidazole rings is 1. The molecule has 0 aromatic carbocycles. The second-order valence-electron chi connectivity index (χ2n) is 4.05. The number of hydrogen-bond acceptors (Lipinski definition) is 3. The third-order valence-electron chi connectivity index (χ3n) is 2.72. The fourth-order valence-electron chi connectivity index (χ4n) is 1.71. The van der Waals surface area contributed by atoms with Crippen molar-refractivity contribution >= 4 is 11.6 Å². The molecule has 96 valence electrons. The Bertz CT molecular complexity index is 562. The van der Waals surface area contributed by atoms with Gasteiger partial charge in [-0.25, -0.2) is 9.67 Å². The lowest BCUT2D eigenvalue weighted by atomic mass is 10.2. The van der Waals surface area contributed by atoms with Crippen molar-refractivity contribution in [2.75, 3.05) is 0 Å². The van der Waals surface area contributed by atoms with E-state index in [1.807, 2.05) is 0 Å². The van der Waals surface area contributed by atoms with Crippen molar-refractivity contribution in [2.45, 2.75) is 32.7 Å². The number of halogens is 1. The van der Waals surface area contributed by atoms with Gasteiger partial charge in [-0.15, -0.1) is 0 Å². The number of unbranched alkanes of at least 4 members (excludes halogenated alkanes) is 2. The number of aromatic nitrogens is 4. The van der Waals surface area contributed by atoms with Crippen LogP contribution in [0.5, 0.6) is 0 Å². The van der Waals surface area contributed by atoms with Crippen LogP contribution in [0.15, 0.2) is 29.7 Å². The first kappa shape index (κ1) is 12.8. The molecule has 0 N–H and O–H groups in total. The molecule has 2 heterocycles. The van der Waals surface area contributed by atoms with E-state index in [1.165, 1.54) is 4.68 Å². The molecule has 2 rings (SSSR count). The van der Waals surface area contributed by atoms with Crippen molar-refractivity contribution in [3.05, 3.63) is 40.3 Å². The van der Waals surface area contributed by atoms with Gasteiger partial charge in [0.05, 0.1) is 18.2 Å². The van der Waals surface area contributed by atoms with Crippen LogP contribution in [0.4, 0.5) is 0 Å². The van der Waals surface area contributed by atoms with Crippen LogP contribution >= 0.6 is 11.6 Å². The molecule has 2 aromatic rings. The Hall–Kier alpha value is -1.62. The summed E-state index contributed by atoms with van der Waals surface area (Å²) in [7, 11) is 0. The molecule has 0 atom stereocenters. The SMILES string of the molecule is CCCCCn1ncc(-n2ccnc2)c(Cl)c1=O. The predicted molar refractivity (Wildman–Crippen MR) is 70.2 cm³/mol. The normalized spacial score (nSPS) is 10.8. The van der Waals surface area contributed by atoms with Gasteiger partial charge in [0.25, 0.3) is 5.56 Å². The molecule has 0 bridgehead atoms.